The van der Waals surface area contributed by atoms with Crippen LogP contribution in [-0.2, 0) is 33.6 Å². The first kappa shape index (κ1) is 23.2. The maximum absolute atomic E-state index is 13.2. The summed E-state index contributed by atoms with van der Waals surface area (Å²) in [6.07, 6.45) is 0.728. The lowest BCUT2D eigenvalue weighted by atomic mass is 9.92. The Balaban J connectivity index is 1.89. The molecule has 0 bridgehead atoms. The van der Waals surface area contributed by atoms with E-state index < -0.39 is 15.9 Å². The van der Waals surface area contributed by atoms with Gasteiger partial charge >= 0.3 is 10.4 Å². The Kier molecular flexibility index (Phi) is 6.41. The number of nitrogens with zero attached hydrogens (tertiary/aromatic N) is 2. The number of nitrogens with two attached hydrogens (primary N) is 1. The first-order valence-corrected chi connectivity index (χ1v) is 12.0. The molecule has 1 unspecified atom stereocenters. The number of nitrogens with one attached hydrogen (secondary N) is 1. The summed E-state index contributed by atoms with van der Waals surface area (Å²) in [5.74, 6) is 0.387. The van der Waals surface area contributed by atoms with E-state index in [2.05, 4.69) is 29.7 Å². The van der Waals surface area contributed by atoms with Crippen LogP contribution in [-0.4, -0.2) is 14.3 Å². The lowest BCUT2D eigenvalue weighted by molar-refractivity contribution is 0.502. The third kappa shape index (κ3) is 5.23. The van der Waals surface area contributed by atoms with Crippen molar-refractivity contribution in [3.63, 3.8) is 0 Å². The van der Waals surface area contributed by atoms with Crippen molar-refractivity contribution in [2.45, 2.75) is 51.5 Å². The average Bonchev–Trinajstić information content (AvgIpc) is 2.94. The molecule has 1 heterocycles. The van der Waals surface area contributed by atoms with E-state index in [0.29, 0.717) is 16.5 Å². The second kappa shape index (κ2) is 8.57. The molecule has 0 fully saturated rings. The number of anilines is 1. The van der Waals surface area contributed by atoms with Gasteiger partial charge in [-0.25, -0.2) is 0 Å². The summed E-state index contributed by atoms with van der Waals surface area (Å²) in [5, 5.41) is 4.52. The highest BCUT2D eigenvalue weighted by molar-refractivity contribution is 7.99. The van der Waals surface area contributed by atoms with Crippen LogP contribution in [0.2, 0.25) is 0 Å². The smallest absolute Gasteiger partial charge is 0.322 e. The van der Waals surface area contributed by atoms with Crippen LogP contribution in [0.1, 0.15) is 44.6 Å². The highest BCUT2D eigenvalue weighted by Gasteiger charge is 2.32. The van der Waals surface area contributed by atoms with Crippen LogP contribution in [0.3, 0.4) is 0 Å². The summed E-state index contributed by atoms with van der Waals surface area (Å²) in [4.78, 5) is 0.324. The fraction of sp³-hybridized carbons (Fsp3) is 0.375. The van der Waals surface area contributed by atoms with Gasteiger partial charge in [-0.2, -0.15) is 14.4 Å². The van der Waals surface area contributed by atoms with Crippen molar-refractivity contribution in [1.82, 2.24) is 9.78 Å². The molecule has 0 saturated carbocycles. The van der Waals surface area contributed by atoms with Crippen LogP contribution in [0, 0.1) is 12.8 Å². The SMILES string of the molecule is Cc1c(N[S+](=O)(O)c2ccc(-c3cccc(C(C)(C)N)c3)cc2)c(CC(C)C)nn1C. The number of hydrogen-bond donors (Lipinski definition) is 3. The van der Waals surface area contributed by atoms with Crippen molar-refractivity contribution in [3.05, 3.63) is 65.5 Å². The van der Waals surface area contributed by atoms with E-state index in [1.807, 2.05) is 58.2 Å². The largest absolute Gasteiger partial charge is 0.346 e. The van der Waals surface area contributed by atoms with Crippen molar-refractivity contribution in [2.24, 2.45) is 18.7 Å². The van der Waals surface area contributed by atoms with E-state index in [4.69, 9.17) is 5.73 Å². The van der Waals surface area contributed by atoms with Crippen molar-refractivity contribution in [2.75, 3.05) is 4.72 Å². The lowest BCUT2D eigenvalue weighted by Crippen LogP contribution is -2.28. The van der Waals surface area contributed by atoms with Gasteiger partial charge in [0, 0.05) is 12.6 Å². The molecule has 2 aromatic carbocycles. The van der Waals surface area contributed by atoms with Gasteiger partial charge in [-0.1, -0.05) is 32.0 Å². The van der Waals surface area contributed by atoms with Gasteiger partial charge < -0.3 is 5.73 Å². The monoisotopic (exact) mass is 441 g/mol. The van der Waals surface area contributed by atoms with Gasteiger partial charge in [-0.15, -0.1) is 0 Å². The molecule has 0 saturated heterocycles. The van der Waals surface area contributed by atoms with Crippen molar-refractivity contribution < 1.29 is 8.76 Å². The number of aryl methyl sites for hydroxylation is 1. The quantitative estimate of drug-likeness (QED) is 0.442. The number of rotatable bonds is 7. The zero-order valence-electron chi connectivity index (χ0n) is 19.1. The van der Waals surface area contributed by atoms with Gasteiger partial charge in [0.05, 0.1) is 11.4 Å². The molecule has 3 aromatic rings. The molecule has 1 aromatic heterocycles. The van der Waals surface area contributed by atoms with Gasteiger partial charge in [0.1, 0.15) is 5.69 Å². The summed E-state index contributed by atoms with van der Waals surface area (Å²) < 4.78 is 28.6. The van der Waals surface area contributed by atoms with Gasteiger partial charge in [0.25, 0.3) is 0 Å². The normalized spacial score (nSPS) is 14.0. The van der Waals surface area contributed by atoms with Crippen LogP contribution in [0.4, 0.5) is 5.69 Å². The molecular weight excluding hydrogens is 408 g/mol. The molecule has 166 valence electrons. The van der Waals surface area contributed by atoms with Crippen molar-refractivity contribution in [3.8, 4) is 11.1 Å². The molecule has 7 heteroatoms. The molecule has 1 atom stereocenters. The predicted molar refractivity (Wildman–Crippen MR) is 128 cm³/mol. The summed E-state index contributed by atoms with van der Waals surface area (Å²) >= 11 is 0. The Morgan fingerprint density at radius 3 is 2.39 bits per heavy atom. The highest BCUT2D eigenvalue weighted by atomic mass is 32.3. The number of benzene rings is 2. The molecule has 0 spiro atoms. The number of aromatic nitrogens is 2. The van der Waals surface area contributed by atoms with Gasteiger partial charge in [-0.3, -0.25) is 4.68 Å². The van der Waals surface area contributed by atoms with Crippen LogP contribution < -0.4 is 10.5 Å². The molecule has 31 heavy (non-hydrogen) atoms. The Hall–Kier alpha value is -2.48. The minimum absolute atomic E-state index is 0.324. The van der Waals surface area contributed by atoms with E-state index in [-0.39, 0.29) is 0 Å². The summed E-state index contributed by atoms with van der Waals surface area (Å²) in [6.45, 7) is 10.0. The molecule has 0 radical (unpaired) electrons. The van der Waals surface area contributed by atoms with Crippen LogP contribution >= 0.6 is 0 Å². The van der Waals surface area contributed by atoms with Crippen LogP contribution in [0.15, 0.2) is 53.4 Å². The van der Waals surface area contributed by atoms with Gasteiger partial charge in [0.2, 0.25) is 4.90 Å². The first-order chi connectivity index (χ1) is 14.4. The lowest BCUT2D eigenvalue weighted by Gasteiger charge is -2.20. The van der Waals surface area contributed by atoms with Gasteiger partial charge in [-0.05, 0) is 84.3 Å². The third-order valence-electron chi connectivity index (χ3n) is 5.36. The summed E-state index contributed by atoms with van der Waals surface area (Å²) in [6, 6.07) is 15.2. The molecular formula is C24H33N4O2S+. The standard InChI is InChI=1S/C24H32N4O2S/c1-16(2)14-22-23(17(3)28(6)26-22)27-31(29,30)21-12-10-18(11-13-21)19-8-7-9-20(15-19)24(4,5)25/h7-13,15-16H,14,25H2,1-6H3,(H-,27,29,30)/p+1. The third-order valence-corrected chi connectivity index (χ3v) is 6.75. The fourth-order valence-electron chi connectivity index (χ4n) is 3.47. The zero-order chi connectivity index (χ0) is 23.0. The maximum Gasteiger partial charge on any atom is 0.346 e. The predicted octanol–water partition coefficient (Wildman–Crippen LogP) is 5.15. The van der Waals surface area contributed by atoms with Crippen molar-refractivity contribution in [1.29, 1.82) is 0 Å². The van der Waals surface area contributed by atoms with E-state index in [0.717, 1.165) is 34.5 Å². The molecule has 6 nitrogen and oxygen atoms in total. The van der Waals surface area contributed by atoms with Crippen LogP contribution in [0.25, 0.3) is 11.1 Å². The van der Waals surface area contributed by atoms with E-state index in [1.54, 1.807) is 16.8 Å². The molecule has 3 rings (SSSR count). The Morgan fingerprint density at radius 2 is 1.81 bits per heavy atom. The maximum atomic E-state index is 13.2. The molecule has 0 aliphatic carbocycles. The molecule has 0 aliphatic heterocycles. The second-order valence-corrected chi connectivity index (χ2v) is 10.8. The van der Waals surface area contributed by atoms with Crippen molar-refractivity contribution >= 4 is 16.1 Å². The Morgan fingerprint density at radius 1 is 1.16 bits per heavy atom. The minimum Gasteiger partial charge on any atom is -0.322 e. The minimum atomic E-state index is -3.48. The first-order valence-electron chi connectivity index (χ1n) is 10.4. The molecule has 0 aliphatic rings. The average molecular weight is 442 g/mol. The Labute approximate surface area is 186 Å². The summed E-state index contributed by atoms with van der Waals surface area (Å²) in [5.41, 5.74) is 11.1. The second-order valence-electron chi connectivity index (χ2n) is 9.08. The van der Waals surface area contributed by atoms with Gasteiger partial charge in [0.15, 0.2) is 0 Å². The topological polar surface area (TPSA) is 93.2 Å². The van der Waals surface area contributed by atoms with E-state index >= 15 is 0 Å². The summed E-state index contributed by atoms with van der Waals surface area (Å²) in [7, 11) is -1.64. The Bertz CT molecular complexity index is 1110. The highest BCUT2D eigenvalue weighted by Crippen LogP contribution is 2.30. The van der Waals surface area contributed by atoms with E-state index in [9.17, 15) is 8.76 Å². The zero-order valence-corrected chi connectivity index (χ0v) is 20.0. The fourth-order valence-corrected chi connectivity index (χ4v) is 4.63. The van der Waals surface area contributed by atoms with E-state index in [1.165, 1.54) is 0 Å². The molecule has 0 amide bonds. The van der Waals surface area contributed by atoms with Crippen LogP contribution in [0.5, 0.6) is 0 Å². The number of hydrogen-bond acceptors (Lipinski definition) is 3. The molecule has 4 N–H and O–H groups in total.